The molecule has 1 N–H and O–H groups in total. The number of methoxy groups -OCH3 is 1. The molecule has 0 spiro atoms. The molecule has 1 atom stereocenters. The van der Waals surface area contributed by atoms with Crippen molar-refractivity contribution >= 4 is 16.9 Å². The van der Waals surface area contributed by atoms with Gasteiger partial charge in [-0.25, -0.2) is 9.18 Å². The number of aromatic nitrogens is 1. The number of ether oxygens (including phenoxy) is 2. The molecule has 1 amide bonds. The Labute approximate surface area is 212 Å². The van der Waals surface area contributed by atoms with Crippen LogP contribution in [0.5, 0.6) is 5.75 Å². The molecule has 1 unspecified atom stereocenters. The second-order valence-corrected chi connectivity index (χ2v) is 10.0. The summed E-state index contributed by atoms with van der Waals surface area (Å²) in [5.41, 5.74) is -3.90. The lowest BCUT2D eigenvalue weighted by molar-refractivity contribution is -0.266. The number of alkyl halides is 3. The molecule has 4 rings (SSSR count). The summed E-state index contributed by atoms with van der Waals surface area (Å²) in [5, 5.41) is 11.8. The van der Waals surface area contributed by atoms with Crippen LogP contribution in [-0.2, 0) is 16.6 Å². The first-order valence-electron chi connectivity index (χ1n) is 12.0. The van der Waals surface area contributed by atoms with Crippen LogP contribution >= 0.6 is 0 Å². The molecule has 37 heavy (non-hydrogen) atoms. The molecule has 0 aliphatic carbocycles. The van der Waals surface area contributed by atoms with E-state index in [0.717, 1.165) is 12.1 Å². The van der Waals surface area contributed by atoms with E-state index in [-0.39, 0.29) is 17.0 Å². The van der Waals surface area contributed by atoms with Crippen molar-refractivity contribution < 1.29 is 36.9 Å². The van der Waals surface area contributed by atoms with Gasteiger partial charge in [-0.2, -0.15) is 13.2 Å². The molecule has 1 aliphatic rings. The van der Waals surface area contributed by atoms with E-state index in [1.165, 1.54) is 42.6 Å². The van der Waals surface area contributed by atoms with Gasteiger partial charge in [0.1, 0.15) is 11.6 Å². The summed E-state index contributed by atoms with van der Waals surface area (Å²) >= 11 is 0. The predicted octanol–water partition coefficient (Wildman–Crippen LogP) is 5.29. The Morgan fingerprint density at radius 3 is 2.41 bits per heavy atom. The van der Waals surface area contributed by atoms with E-state index in [1.807, 2.05) is 0 Å². The molecule has 2 aromatic carbocycles. The molecule has 1 aliphatic heterocycles. The van der Waals surface area contributed by atoms with Gasteiger partial charge in [0.15, 0.2) is 5.60 Å². The lowest BCUT2D eigenvalue weighted by atomic mass is 9.73. The Kier molecular flexibility index (Phi) is 7.27. The number of fused-ring (bicyclic) bond motifs is 1. The van der Waals surface area contributed by atoms with Crippen molar-refractivity contribution in [2.75, 3.05) is 33.4 Å². The zero-order valence-corrected chi connectivity index (χ0v) is 20.9. The molecule has 1 aromatic heterocycles. The van der Waals surface area contributed by atoms with Gasteiger partial charge in [0.05, 0.1) is 25.8 Å². The third-order valence-electron chi connectivity index (χ3n) is 6.89. The number of hydrogen-bond acceptors (Lipinski definition) is 4. The molecule has 200 valence electrons. The second-order valence-electron chi connectivity index (χ2n) is 10.0. The number of aliphatic hydroxyl groups is 1. The minimum absolute atomic E-state index is 0.0273. The Morgan fingerprint density at radius 1 is 1.08 bits per heavy atom. The van der Waals surface area contributed by atoms with Crippen molar-refractivity contribution in [1.29, 1.82) is 0 Å². The van der Waals surface area contributed by atoms with Crippen LogP contribution in [0.25, 0.3) is 10.9 Å². The number of morpholine rings is 1. The average Bonchev–Trinajstić information content (AvgIpc) is 3.20. The first-order valence-corrected chi connectivity index (χ1v) is 12.0. The smallest absolute Gasteiger partial charge is 0.417 e. The Balaban J connectivity index is 1.77. The summed E-state index contributed by atoms with van der Waals surface area (Å²) in [5.74, 6) is -0.414. The minimum atomic E-state index is -5.05. The van der Waals surface area contributed by atoms with Gasteiger partial charge in [0, 0.05) is 36.2 Å². The number of rotatable bonds is 6. The molecule has 1 fully saturated rings. The van der Waals surface area contributed by atoms with Crippen LogP contribution < -0.4 is 4.74 Å². The topological polar surface area (TPSA) is 63.9 Å². The number of amides is 1. The molecular weight excluding hydrogens is 492 g/mol. The fourth-order valence-corrected chi connectivity index (χ4v) is 5.06. The Bertz CT molecular complexity index is 1280. The highest BCUT2D eigenvalue weighted by Gasteiger charge is 2.56. The summed E-state index contributed by atoms with van der Waals surface area (Å²) in [6.07, 6.45) is -6.72. The van der Waals surface area contributed by atoms with E-state index < -0.39 is 41.9 Å². The van der Waals surface area contributed by atoms with Crippen LogP contribution in [0.2, 0.25) is 0 Å². The largest absolute Gasteiger partial charge is 0.496 e. The zero-order valence-electron chi connectivity index (χ0n) is 20.9. The highest BCUT2D eigenvalue weighted by atomic mass is 19.4. The number of halogens is 4. The van der Waals surface area contributed by atoms with Gasteiger partial charge >= 0.3 is 12.2 Å². The van der Waals surface area contributed by atoms with Crippen LogP contribution in [0.3, 0.4) is 0 Å². The maximum absolute atomic E-state index is 14.6. The van der Waals surface area contributed by atoms with E-state index in [1.54, 1.807) is 24.3 Å². The van der Waals surface area contributed by atoms with Gasteiger partial charge in [-0.3, -0.25) is 4.57 Å². The number of carbonyl (C=O) groups excluding carboxylic acids is 1. The lowest BCUT2D eigenvalue weighted by Crippen LogP contribution is -2.51. The maximum Gasteiger partial charge on any atom is 0.417 e. The van der Waals surface area contributed by atoms with Gasteiger partial charge < -0.3 is 19.5 Å². The SMILES string of the molecule is COc1ccc(F)cc1C(C)(C)CC(O)(Cc1cc2ccccc2n1C(=O)N1CCOCC1)C(F)(F)F. The highest BCUT2D eigenvalue weighted by Crippen LogP contribution is 2.45. The fourth-order valence-electron chi connectivity index (χ4n) is 5.06. The minimum Gasteiger partial charge on any atom is -0.496 e. The third-order valence-corrected chi connectivity index (χ3v) is 6.89. The standard InChI is InChI=1S/C27H30F4N2O4/c1-25(2,21-15-19(28)8-9-23(21)36-3)17-26(35,27(29,30)31)16-20-14-18-6-4-5-7-22(18)33(20)24(34)32-10-12-37-13-11-32/h4-9,14-15,35H,10-13,16-17H2,1-3H3. The number of benzene rings is 2. The van der Waals surface area contributed by atoms with E-state index >= 15 is 0 Å². The average molecular weight is 523 g/mol. The zero-order chi connectivity index (χ0) is 27.0. The first kappa shape index (κ1) is 26.9. The summed E-state index contributed by atoms with van der Waals surface area (Å²) in [4.78, 5) is 15.0. The molecule has 0 saturated carbocycles. The second kappa shape index (κ2) is 9.98. The lowest BCUT2D eigenvalue weighted by Gasteiger charge is -2.38. The molecule has 10 heteroatoms. The predicted molar refractivity (Wildman–Crippen MR) is 130 cm³/mol. The first-order chi connectivity index (χ1) is 17.4. The summed E-state index contributed by atoms with van der Waals surface area (Å²) in [6.45, 7) is 4.26. The molecule has 0 radical (unpaired) electrons. The molecule has 1 saturated heterocycles. The van der Waals surface area contributed by atoms with Crippen LogP contribution in [0, 0.1) is 5.82 Å². The fraction of sp³-hybridized carbons (Fsp3) is 0.444. The van der Waals surface area contributed by atoms with Gasteiger partial charge in [0.2, 0.25) is 0 Å². The van der Waals surface area contributed by atoms with Crippen molar-refractivity contribution in [1.82, 2.24) is 9.47 Å². The highest BCUT2D eigenvalue weighted by molar-refractivity contribution is 5.93. The quantitative estimate of drug-likeness (QED) is 0.447. The van der Waals surface area contributed by atoms with E-state index in [4.69, 9.17) is 9.47 Å². The van der Waals surface area contributed by atoms with E-state index in [2.05, 4.69) is 0 Å². The van der Waals surface area contributed by atoms with Crippen molar-refractivity contribution in [3.05, 3.63) is 65.6 Å². The Morgan fingerprint density at radius 2 is 1.76 bits per heavy atom. The van der Waals surface area contributed by atoms with Crippen LogP contribution in [0.1, 0.15) is 31.5 Å². The maximum atomic E-state index is 14.6. The van der Waals surface area contributed by atoms with Crippen molar-refractivity contribution in [3.63, 3.8) is 0 Å². The van der Waals surface area contributed by atoms with Crippen molar-refractivity contribution in [3.8, 4) is 5.75 Å². The number of para-hydroxylation sites is 1. The van der Waals surface area contributed by atoms with Crippen LogP contribution in [0.4, 0.5) is 22.4 Å². The molecule has 6 nitrogen and oxygen atoms in total. The van der Waals surface area contributed by atoms with Crippen molar-refractivity contribution in [2.24, 2.45) is 0 Å². The third kappa shape index (κ3) is 5.31. The van der Waals surface area contributed by atoms with E-state index in [9.17, 15) is 27.5 Å². The van der Waals surface area contributed by atoms with Gasteiger partial charge in [-0.15, -0.1) is 0 Å². The molecular formula is C27H30F4N2O4. The molecule has 0 bridgehead atoms. The van der Waals surface area contributed by atoms with Gasteiger partial charge in [-0.1, -0.05) is 32.0 Å². The summed E-state index contributed by atoms with van der Waals surface area (Å²) in [7, 11) is 1.35. The van der Waals surface area contributed by atoms with Crippen LogP contribution in [0.15, 0.2) is 48.5 Å². The van der Waals surface area contributed by atoms with E-state index in [0.29, 0.717) is 37.2 Å². The number of carbonyl (C=O) groups is 1. The normalized spacial score (nSPS) is 16.6. The van der Waals surface area contributed by atoms with Crippen molar-refractivity contribution in [2.45, 2.75) is 43.9 Å². The Hall–Kier alpha value is -3.11. The number of nitrogens with zero attached hydrogens (tertiary/aromatic N) is 2. The molecule has 3 aromatic rings. The molecule has 2 heterocycles. The summed E-state index contributed by atoms with van der Waals surface area (Å²) < 4.78 is 69.6. The van der Waals surface area contributed by atoms with Gasteiger partial charge in [-0.05, 0) is 42.2 Å². The number of hydrogen-bond donors (Lipinski definition) is 1. The van der Waals surface area contributed by atoms with Gasteiger partial charge in [0.25, 0.3) is 0 Å². The monoisotopic (exact) mass is 522 g/mol. The van der Waals surface area contributed by atoms with Crippen LogP contribution in [-0.4, -0.2) is 65.8 Å². The summed E-state index contributed by atoms with van der Waals surface area (Å²) in [6, 6.07) is 11.4.